The summed E-state index contributed by atoms with van der Waals surface area (Å²) in [6.07, 6.45) is 1.86. The van der Waals surface area contributed by atoms with Crippen molar-refractivity contribution in [3.8, 4) is 56.3 Å². The van der Waals surface area contributed by atoms with E-state index < -0.39 is 0 Å². The number of furan rings is 1. The summed E-state index contributed by atoms with van der Waals surface area (Å²) in [5.74, 6) is 0.922. The normalized spacial score (nSPS) is 12.1. The minimum absolute atomic E-state index is 0. The van der Waals surface area contributed by atoms with Gasteiger partial charge in [0.1, 0.15) is 22.7 Å². The molecule has 7 aromatic carbocycles. The molecular formula is C54H44N3O2Pt-. The van der Waals surface area contributed by atoms with Gasteiger partial charge in [0.15, 0.2) is 0 Å². The van der Waals surface area contributed by atoms with E-state index in [0.717, 1.165) is 94.1 Å². The molecule has 0 unspecified atom stereocenters. The van der Waals surface area contributed by atoms with Crippen molar-refractivity contribution >= 4 is 43.7 Å². The summed E-state index contributed by atoms with van der Waals surface area (Å²) in [5.41, 5.74) is 12.0. The Morgan fingerprint density at radius 3 is 2.05 bits per heavy atom. The molecule has 0 atom stereocenters. The predicted molar refractivity (Wildman–Crippen MR) is 243 cm³/mol. The van der Waals surface area contributed by atoms with E-state index in [1.807, 2.05) is 36.5 Å². The van der Waals surface area contributed by atoms with Gasteiger partial charge in [0, 0.05) is 60.4 Å². The zero-order chi connectivity index (χ0) is 40.6. The molecule has 0 spiro atoms. The Hall–Kier alpha value is -6.29. The molecular weight excluding hydrogens is 918 g/mol. The Morgan fingerprint density at radius 2 is 1.30 bits per heavy atom. The van der Waals surface area contributed by atoms with Crippen LogP contribution in [-0.2, 0) is 31.9 Å². The SMILES string of the molecule is CC(C)(C)c1cc(-c2nc3c(-c4[c-]c(-c5nccc6c5oc5c7ccccc7ccc65)cc(-c5ccccc5)c4)cccc3n2-c2ccccc2)c(O)c(C(C)(C)C)c1.[Pt]. The zero-order valence-corrected chi connectivity index (χ0v) is 36.7. The van der Waals surface area contributed by atoms with Crippen LogP contribution in [0.15, 0.2) is 156 Å². The van der Waals surface area contributed by atoms with Crippen LogP contribution in [0.4, 0.5) is 0 Å². The van der Waals surface area contributed by atoms with Crippen molar-refractivity contribution in [2.24, 2.45) is 0 Å². The van der Waals surface area contributed by atoms with Crippen molar-refractivity contribution in [3.05, 3.63) is 169 Å². The predicted octanol–water partition coefficient (Wildman–Crippen LogP) is 14.2. The molecule has 3 heterocycles. The van der Waals surface area contributed by atoms with Crippen molar-refractivity contribution in [3.63, 3.8) is 0 Å². The molecule has 10 rings (SSSR count). The summed E-state index contributed by atoms with van der Waals surface area (Å²) < 4.78 is 8.96. The van der Waals surface area contributed by atoms with Gasteiger partial charge in [-0.3, -0.25) is 9.55 Å². The van der Waals surface area contributed by atoms with Gasteiger partial charge >= 0.3 is 0 Å². The van der Waals surface area contributed by atoms with Crippen LogP contribution in [0, 0.1) is 6.07 Å². The van der Waals surface area contributed by atoms with Crippen molar-refractivity contribution in [2.75, 3.05) is 0 Å². The Morgan fingerprint density at radius 1 is 0.600 bits per heavy atom. The van der Waals surface area contributed by atoms with Crippen molar-refractivity contribution in [2.45, 2.75) is 52.4 Å². The minimum atomic E-state index is -0.304. The Labute approximate surface area is 364 Å². The number of nitrogens with zero attached hydrogens (tertiary/aromatic N) is 3. The van der Waals surface area contributed by atoms with Crippen LogP contribution in [0.3, 0.4) is 0 Å². The number of hydrogen-bond donors (Lipinski definition) is 1. The average molecular weight is 962 g/mol. The van der Waals surface area contributed by atoms with Gasteiger partial charge < -0.3 is 9.52 Å². The summed E-state index contributed by atoms with van der Waals surface area (Å²) in [6.45, 7) is 13.1. The van der Waals surface area contributed by atoms with Crippen molar-refractivity contribution in [1.82, 2.24) is 14.5 Å². The number of para-hydroxylation sites is 2. The van der Waals surface area contributed by atoms with Crippen LogP contribution >= 0.6 is 0 Å². The number of phenolic OH excluding ortho intramolecular Hbond substituents is 1. The molecule has 0 saturated carbocycles. The van der Waals surface area contributed by atoms with Gasteiger partial charge in [-0.2, -0.15) is 0 Å². The molecule has 0 saturated heterocycles. The molecule has 0 fully saturated rings. The molecule has 5 nitrogen and oxygen atoms in total. The molecule has 0 radical (unpaired) electrons. The molecule has 0 aliphatic rings. The number of hydrogen-bond acceptors (Lipinski definition) is 4. The van der Waals surface area contributed by atoms with Gasteiger partial charge in [-0.25, -0.2) is 4.98 Å². The van der Waals surface area contributed by atoms with E-state index in [1.54, 1.807) is 0 Å². The van der Waals surface area contributed by atoms with Gasteiger partial charge in [-0.05, 0) is 63.7 Å². The van der Waals surface area contributed by atoms with Crippen molar-refractivity contribution in [1.29, 1.82) is 0 Å². The van der Waals surface area contributed by atoms with E-state index in [1.165, 1.54) is 0 Å². The first-order valence-corrected chi connectivity index (χ1v) is 20.2. The molecule has 0 aliphatic heterocycles. The molecule has 0 amide bonds. The third-order valence-electron chi connectivity index (χ3n) is 11.5. The number of imidazole rings is 1. The first-order valence-electron chi connectivity index (χ1n) is 20.2. The fraction of sp³-hybridized carbons (Fsp3) is 0.148. The summed E-state index contributed by atoms with van der Waals surface area (Å²) in [4.78, 5) is 10.5. The number of benzene rings is 7. The minimum Gasteiger partial charge on any atom is -0.507 e. The third-order valence-corrected chi connectivity index (χ3v) is 11.5. The molecule has 298 valence electrons. The second-order valence-electron chi connectivity index (χ2n) is 17.6. The van der Waals surface area contributed by atoms with E-state index in [2.05, 4.69) is 167 Å². The summed E-state index contributed by atoms with van der Waals surface area (Å²) in [7, 11) is 0. The summed E-state index contributed by atoms with van der Waals surface area (Å²) in [5, 5.41) is 16.5. The maximum Gasteiger partial charge on any atom is 0.148 e. The number of rotatable bonds is 5. The van der Waals surface area contributed by atoms with Gasteiger partial charge in [0.2, 0.25) is 0 Å². The fourth-order valence-electron chi connectivity index (χ4n) is 8.41. The molecule has 1 N–H and O–H groups in total. The molecule has 0 aliphatic carbocycles. The van der Waals surface area contributed by atoms with Crippen LogP contribution < -0.4 is 0 Å². The second kappa shape index (κ2) is 14.8. The first-order chi connectivity index (χ1) is 28.4. The maximum atomic E-state index is 12.2. The molecule has 3 aromatic heterocycles. The Kier molecular flexibility index (Phi) is 9.64. The number of aromatic hydroxyl groups is 1. The number of pyridine rings is 1. The number of fused-ring (bicyclic) bond motifs is 6. The quantitative estimate of drug-likeness (QED) is 0.175. The monoisotopic (exact) mass is 961 g/mol. The number of aromatic nitrogens is 3. The topological polar surface area (TPSA) is 64.1 Å². The number of phenols is 1. The second-order valence-corrected chi connectivity index (χ2v) is 17.6. The van der Waals surface area contributed by atoms with E-state index in [4.69, 9.17) is 14.4 Å². The molecule has 10 aromatic rings. The van der Waals surface area contributed by atoms with E-state index >= 15 is 0 Å². The van der Waals surface area contributed by atoms with E-state index in [-0.39, 0.29) is 37.6 Å². The van der Waals surface area contributed by atoms with Gasteiger partial charge in [0.05, 0.1) is 16.6 Å². The molecule has 6 heteroatoms. The standard InChI is InChI=1S/C54H44N3O2.Pt/c1-53(2,3)38-31-44(49(58)45(32-38)54(4,5)6)52-56-48-40(22-15-23-46(48)57(52)39-19-11-8-12-20-39)36-28-35(33-16-9-7-10-17-33)29-37(30-36)47-51-43(26-27-55-47)42-25-24-34-18-13-14-21-41(34)50(42)59-51;/h7-29,31-32,58H,1-6H3;/q-1;. The van der Waals surface area contributed by atoms with Crippen LogP contribution in [0.1, 0.15) is 52.7 Å². The van der Waals surface area contributed by atoms with Crippen LogP contribution in [0.2, 0.25) is 0 Å². The largest absolute Gasteiger partial charge is 0.507 e. The average Bonchev–Trinajstić information content (AvgIpc) is 3.83. The molecule has 60 heavy (non-hydrogen) atoms. The van der Waals surface area contributed by atoms with Crippen LogP contribution in [0.25, 0.3) is 94.3 Å². The van der Waals surface area contributed by atoms with E-state index in [0.29, 0.717) is 11.4 Å². The smallest absolute Gasteiger partial charge is 0.148 e. The zero-order valence-electron chi connectivity index (χ0n) is 34.4. The van der Waals surface area contributed by atoms with Gasteiger partial charge in [0.25, 0.3) is 0 Å². The molecule has 0 bridgehead atoms. The van der Waals surface area contributed by atoms with Gasteiger partial charge in [-0.1, -0.05) is 155 Å². The maximum absolute atomic E-state index is 12.2. The van der Waals surface area contributed by atoms with Crippen molar-refractivity contribution < 1.29 is 30.6 Å². The summed E-state index contributed by atoms with van der Waals surface area (Å²) in [6, 6.07) is 54.1. The Balaban J connectivity index is 0.00000462. The Bertz CT molecular complexity index is 3240. The van der Waals surface area contributed by atoms with E-state index in [9.17, 15) is 5.11 Å². The third kappa shape index (κ3) is 6.62. The summed E-state index contributed by atoms with van der Waals surface area (Å²) >= 11 is 0. The van der Waals surface area contributed by atoms with Crippen LogP contribution in [0.5, 0.6) is 5.75 Å². The first kappa shape index (κ1) is 39.2. The fourth-order valence-corrected chi connectivity index (χ4v) is 8.41. The van der Waals surface area contributed by atoms with Crippen LogP contribution in [-0.4, -0.2) is 19.6 Å². The van der Waals surface area contributed by atoms with Gasteiger partial charge in [-0.15, -0.1) is 23.8 Å².